The van der Waals surface area contributed by atoms with E-state index in [-0.39, 0.29) is 0 Å². The van der Waals surface area contributed by atoms with E-state index in [9.17, 15) is 0 Å². The fraction of sp³-hybridized carbons (Fsp3) is 0.231. The van der Waals surface area contributed by atoms with Crippen LogP contribution in [0.4, 0.5) is 0 Å². The van der Waals surface area contributed by atoms with Crippen LogP contribution in [-0.4, -0.2) is 40.2 Å². The molecule has 0 fully saturated rings. The maximum atomic E-state index is 9.10. The van der Waals surface area contributed by atoms with E-state index in [1.165, 1.54) is 16.7 Å². The van der Waals surface area contributed by atoms with E-state index in [0.29, 0.717) is 6.61 Å². The highest BCUT2D eigenvalue weighted by atomic mass is 16.5. The van der Waals surface area contributed by atoms with Crippen molar-refractivity contribution in [3.8, 4) is 5.75 Å². The van der Waals surface area contributed by atoms with E-state index in [4.69, 9.17) is 24.5 Å². The summed E-state index contributed by atoms with van der Waals surface area (Å²) in [6.07, 6.45) is 1.05. The number of hydrogen-bond donors (Lipinski definition) is 2. The normalized spacial score (nSPS) is 10.2. The second-order valence-corrected chi connectivity index (χ2v) is 7.08. The van der Waals surface area contributed by atoms with Crippen LogP contribution in [0.25, 0.3) is 0 Å². The highest BCUT2D eigenvalue weighted by Crippen LogP contribution is 2.21. The Hall–Kier alpha value is -3.64. The molecule has 0 aliphatic rings. The van der Waals surface area contributed by atoms with Gasteiger partial charge in [-0.1, -0.05) is 78.9 Å². The molecule has 0 saturated heterocycles. The second kappa shape index (κ2) is 13.6. The van der Waals surface area contributed by atoms with Crippen LogP contribution in [0.5, 0.6) is 5.75 Å². The fourth-order valence-corrected chi connectivity index (χ4v) is 3.16. The standard InChI is InChI=1S/C24H27NO.C2H2O4/c1-2-26-24-16-10-9-15-23(24)20-25(19-22-13-7-4-8-14-22)18-17-21-11-5-3-6-12-21;3-1(4)2(5)6/h3-16H,2,17-20H2,1H3;(H,3,4)(H,5,6). The third-order valence-electron chi connectivity index (χ3n) is 4.66. The van der Waals surface area contributed by atoms with Gasteiger partial charge in [0.2, 0.25) is 0 Å². The van der Waals surface area contributed by atoms with Gasteiger partial charge in [-0.2, -0.15) is 0 Å². The lowest BCUT2D eigenvalue weighted by Crippen LogP contribution is -2.25. The number of hydrogen-bond acceptors (Lipinski definition) is 4. The van der Waals surface area contributed by atoms with Crippen molar-refractivity contribution in [1.82, 2.24) is 4.90 Å². The SMILES string of the molecule is CCOc1ccccc1CN(CCc1ccccc1)Cc1ccccc1.O=C(O)C(=O)O. The minimum absolute atomic E-state index is 0.694. The molecule has 0 unspecified atom stereocenters. The Morgan fingerprint density at radius 2 is 1.28 bits per heavy atom. The summed E-state index contributed by atoms with van der Waals surface area (Å²) in [4.78, 5) is 20.7. The number of aliphatic carboxylic acids is 2. The monoisotopic (exact) mass is 435 g/mol. The summed E-state index contributed by atoms with van der Waals surface area (Å²) in [5.74, 6) is -2.65. The van der Waals surface area contributed by atoms with Gasteiger partial charge < -0.3 is 14.9 Å². The lowest BCUT2D eigenvalue weighted by Gasteiger charge is -2.24. The van der Waals surface area contributed by atoms with Crippen molar-refractivity contribution in [1.29, 1.82) is 0 Å². The predicted octanol–water partition coefficient (Wildman–Crippen LogP) is 4.49. The first kappa shape index (κ1) is 24.6. The second-order valence-electron chi connectivity index (χ2n) is 7.08. The Morgan fingerprint density at radius 3 is 1.84 bits per heavy atom. The first-order valence-electron chi connectivity index (χ1n) is 10.5. The van der Waals surface area contributed by atoms with Gasteiger partial charge in [0.15, 0.2) is 0 Å². The molecule has 3 rings (SSSR count). The summed E-state index contributed by atoms with van der Waals surface area (Å²) in [5.41, 5.74) is 3.97. The molecule has 0 bridgehead atoms. The van der Waals surface area contributed by atoms with Gasteiger partial charge in [-0.15, -0.1) is 0 Å². The van der Waals surface area contributed by atoms with E-state index < -0.39 is 11.9 Å². The van der Waals surface area contributed by atoms with Gasteiger partial charge in [0.1, 0.15) is 5.75 Å². The van der Waals surface area contributed by atoms with Crippen molar-refractivity contribution in [3.05, 3.63) is 102 Å². The fourth-order valence-electron chi connectivity index (χ4n) is 3.16. The van der Waals surface area contributed by atoms with Gasteiger partial charge in [-0.25, -0.2) is 9.59 Å². The summed E-state index contributed by atoms with van der Waals surface area (Å²) in [6.45, 7) is 5.57. The molecule has 0 heterocycles. The average molecular weight is 436 g/mol. The van der Waals surface area contributed by atoms with E-state index in [2.05, 4.69) is 83.8 Å². The van der Waals surface area contributed by atoms with Crippen molar-refractivity contribution < 1.29 is 24.5 Å². The third-order valence-corrected chi connectivity index (χ3v) is 4.66. The zero-order valence-electron chi connectivity index (χ0n) is 18.2. The van der Waals surface area contributed by atoms with Crippen molar-refractivity contribution in [3.63, 3.8) is 0 Å². The maximum Gasteiger partial charge on any atom is 0.414 e. The number of rotatable bonds is 9. The molecule has 2 N–H and O–H groups in total. The Bertz CT molecular complexity index is 948. The van der Waals surface area contributed by atoms with Gasteiger partial charge in [0.25, 0.3) is 0 Å². The van der Waals surface area contributed by atoms with Crippen LogP contribution in [0.3, 0.4) is 0 Å². The molecule has 3 aromatic rings. The van der Waals surface area contributed by atoms with Crippen LogP contribution in [0.15, 0.2) is 84.9 Å². The van der Waals surface area contributed by atoms with E-state index in [0.717, 1.165) is 31.8 Å². The van der Waals surface area contributed by atoms with E-state index in [1.54, 1.807) is 0 Å². The summed E-state index contributed by atoms with van der Waals surface area (Å²) < 4.78 is 5.82. The summed E-state index contributed by atoms with van der Waals surface area (Å²) >= 11 is 0. The maximum absolute atomic E-state index is 9.10. The Morgan fingerprint density at radius 1 is 0.750 bits per heavy atom. The van der Waals surface area contributed by atoms with Crippen molar-refractivity contribution in [2.24, 2.45) is 0 Å². The number of nitrogens with zero attached hydrogens (tertiary/aromatic N) is 1. The summed E-state index contributed by atoms with van der Waals surface area (Å²) in [6, 6.07) is 29.8. The molecule has 32 heavy (non-hydrogen) atoms. The largest absolute Gasteiger partial charge is 0.494 e. The molecule has 0 atom stereocenters. The van der Waals surface area contributed by atoms with Crippen LogP contribution < -0.4 is 4.74 Å². The average Bonchev–Trinajstić information content (AvgIpc) is 2.80. The third kappa shape index (κ3) is 9.02. The number of carboxylic acids is 2. The van der Waals surface area contributed by atoms with Gasteiger partial charge in [-0.3, -0.25) is 4.90 Å². The number of carbonyl (C=O) groups is 2. The molecule has 6 nitrogen and oxygen atoms in total. The van der Waals surface area contributed by atoms with Gasteiger partial charge in [-0.05, 0) is 30.5 Å². The highest BCUT2D eigenvalue weighted by Gasteiger charge is 2.11. The number of ether oxygens (including phenoxy) is 1. The van der Waals surface area contributed by atoms with Crippen molar-refractivity contribution in [2.75, 3.05) is 13.2 Å². The molecule has 0 saturated carbocycles. The van der Waals surface area contributed by atoms with Crippen LogP contribution in [-0.2, 0) is 29.1 Å². The van der Waals surface area contributed by atoms with Gasteiger partial charge in [0.05, 0.1) is 6.61 Å². The van der Waals surface area contributed by atoms with Crippen LogP contribution in [0, 0.1) is 0 Å². The molecule has 0 spiro atoms. The molecule has 168 valence electrons. The van der Waals surface area contributed by atoms with Crippen LogP contribution >= 0.6 is 0 Å². The Labute approximate surface area is 188 Å². The molecule has 0 aromatic heterocycles. The molecule has 0 aliphatic carbocycles. The number of carboxylic acid groups (broad SMARTS) is 2. The first-order valence-corrected chi connectivity index (χ1v) is 10.5. The molecule has 0 amide bonds. The molecule has 6 heteroatoms. The minimum Gasteiger partial charge on any atom is -0.494 e. The molecular formula is C26H29NO5. The zero-order chi connectivity index (χ0) is 23.2. The summed E-state index contributed by atoms with van der Waals surface area (Å²) in [5, 5.41) is 14.8. The number of benzene rings is 3. The van der Waals surface area contributed by atoms with Gasteiger partial charge >= 0.3 is 11.9 Å². The van der Waals surface area contributed by atoms with Gasteiger partial charge in [0, 0.05) is 25.2 Å². The van der Waals surface area contributed by atoms with Crippen molar-refractivity contribution >= 4 is 11.9 Å². The van der Waals surface area contributed by atoms with Crippen molar-refractivity contribution in [2.45, 2.75) is 26.4 Å². The topological polar surface area (TPSA) is 87.1 Å². The molecule has 0 aliphatic heterocycles. The lowest BCUT2D eigenvalue weighted by atomic mass is 10.1. The number of para-hydroxylation sites is 1. The first-order chi connectivity index (χ1) is 15.5. The summed E-state index contributed by atoms with van der Waals surface area (Å²) in [7, 11) is 0. The predicted molar refractivity (Wildman–Crippen MR) is 124 cm³/mol. The zero-order valence-corrected chi connectivity index (χ0v) is 18.2. The van der Waals surface area contributed by atoms with E-state index in [1.807, 2.05) is 13.0 Å². The molecule has 3 aromatic carbocycles. The Balaban J connectivity index is 0.000000534. The Kier molecular flexibility index (Phi) is 10.5. The molecule has 0 radical (unpaired) electrons. The van der Waals surface area contributed by atoms with Crippen LogP contribution in [0.1, 0.15) is 23.6 Å². The minimum atomic E-state index is -1.82. The molecular weight excluding hydrogens is 406 g/mol. The van der Waals surface area contributed by atoms with Crippen LogP contribution in [0.2, 0.25) is 0 Å². The van der Waals surface area contributed by atoms with E-state index >= 15 is 0 Å². The lowest BCUT2D eigenvalue weighted by molar-refractivity contribution is -0.159. The highest BCUT2D eigenvalue weighted by molar-refractivity contribution is 6.27. The smallest absolute Gasteiger partial charge is 0.414 e. The quantitative estimate of drug-likeness (QED) is 0.482.